The van der Waals surface area contributed by atoms with E-state index >= 15 is 0 Å². The molecular weight excluding hydrogens is 340 g/mol. The van der Waals surface area contributed by atoms with Gasteiger partial charge in [-0.15, -0.1) is 0 Å². The topological polar surface area (TPSA) is 92.3 Å². The number of sulfone groups is 1. The lowest BCUT2D eigenvalue weighted by molar-refractivity contribution is -0.115. The molecule has 0 aliphatic rings. The van der Waals surface area contributed by atoms with Gasteiger partial charge in [0.1, 0.15) is 0 Å². The summed E-state index contributed by atoms with van der Waals surface area (Å²) in [7, 11) is -3.54. The van der Waals surface area contributed by atoms with Crippen LogP contribution in [0.3, 0.4) is 0 Å². The smallest absolute Gasteiger partial charge is 0.253 e. The molecule has 2 rings (SSSR count). The highest BCUT2D eigenvalue weighted by molar-refractivity contribution is 7.90. The predicted molar refractivity (Wildman–Crippen MR) is 96.4 cm³/mol. The van der Waals surface area contributed by atoms with E-state index in [2.05, 4.69) is 10.6 Å². The molecule has 0 bridgehead atoms. The number of benzene rings is 2. The largest absolute Gasteiger partial charge is 0.343 e. The third-order valence-electron chi connectivity index (χ3n) is 3.69. The van der Waals surface area contributed by atoms with Crippen molar-refractivity contribution >= 4 is 27.3 Å². The second-order valence-corrected chi connectivity index (χ2v) is 7.75. The van der Waals surface area contributed by atoms with E-state index in [0.29, 0.717) is 5.69 Å². The molecule has 0 spiro atoms. The maximum Gasteiger partial charge on any atom is 0.253 e. The zero-order valence-electron chi connectivity index (χ0n) is 14.3. The third-order valence-corrected chi connectivity index (χ3v) is 4.84. The standard InChI is InChI=1S/C18H20N2O4S/c1-12-7-6-8-13(2)17(12)20-16(21)11-19-18(22)14-9-4-5-10-15(14)25(3,23)24/h4-10H,11H2,1-3H3,(H,19,22)(H,20,21). The molecule has 0 unspecified atom stereocenters. The number of hydrogen-bond donors (Lipinski definition) is 2. The third kappa shape index (κ3) is 4.67. The fourth-order valence-electron chi connectivity index (χ4n) is 2.43. The molecule has 0 aliphatic heterocycles. The average molecular weight is 360 g/mol. The van der Waals surface area contributed by atoms with E-state index in [9.17, 15) is 18.0 Å². The number of rotatable bonds is 5. The number of aryl methyl sites for hydroxylation is 2. The number of carbonyl (C=O) groups excluding carboxylic acids is 2. The highest BCUT2D eigenvalue weighted by Gasteiger charge is 2.18. The maximum atomic E-state index is 12.2. The zero-order valence-corrected chi connectivity index (χ0v) is 15.1. The summed E-state index contributed by atoms with van der Waals surface area (Å²) in [5, 5.41) is 5.21. The molecule has 0 atom stereocenters. The summed E-state index contributed by atoms with van der Waals surface area (Å²) >= 11 is 0. The van der Waals surface area contributed by atoms with E-state index in [1.54, 1.807) is 12.1 Å². The van der Waals surface area contributed by atoms with Gasteiger partial charge in [0.2, 0.25) is 5.91 Å². The van der Waals surface area contributed by atoms with Crippen molar-refractivity contribution in [3.63, 3.8) is 0 Å². The fraction of sp³-hybridized carbons (Fsp3) is 0.222. The Kier molecular flexibility index (Phi) is 5.58. The Bertz CT molecular complexity index is 900. The average Bonchev–Trinajstić information content (AvgIpc) is 2.55. The fourth-order valence-corrected chi connectivity index (χ4v) is 3.31. The van der Waals surface area contributed by atoms with Crippen LogP contribution in [0.15, 0.2) is 47.4 Å². The van der Waals surface area contributed by atoms with Crippen LogP contribution >= 0.6 is 0 Å². The van der Waals surface area contributed by atoms with Crippen molar-refractivity contribution in [3.8, 4) is 0 Å². The van der Waals surface area contributed by atoms with Gasteiger partial charge in [0, 0.05) is 11.9 Å². The van der Waals surface area contributed by atoms with Crippen molar-refractivity contribution in [2.75, 3.05) is 18.1 Å². The quantitative estimate of drug-likeness (QED) is 0.854. The molecule has 0 fully saturated rings. The molecule has 0 aliphatic carbocycles. The zero-order chi connectivity index (χ0) is 18.6. The van der Waals surface area contributed by atoms with Gasteiger partial charge in [-0.25, -0.2) is 8.42 Å². The van der Waals surface area contributed by atoms with Crippen LogP contribution in [0.4, 0.5) is 5.69 Å². The SMILES string of the molecule is Cc1cccc(C)c1NC(=O)CNC(=O)c1ccccc1S(C)(=O)=O. The van der Waals surface area contributed by atoms with Gasteiger partial charge in [0.25, 0.3) is 5.91 Å². The van der Waals surface area contributed by atoms with Crippen LogP contribution in [0.5, 0.6) is 0 Å². The number of nitrogens with one attached hydrogen (secondary N) is 2. The molecule has 0 saturated heterocycles. The van der Waals surface area contributed by atoms with Gasteiger partial charge in [-0.05, 0) is 37.1 Å². The molecule has 0 radical (unpaired) electrons. The Morgan fingerprint density at radius 2 is 1.56 bits per heavy atom. The lowest BCUT2D eigenvalue weighted by atomic mass is 10.1. The second kappa shape index (κ2) is 7.48. The molecule has 7 heteroatoms. The summed E-state index contributed by atoms with van der Waals surface area (Å²) in [4.78, 5) is 24.3. The van der Waals surface area contributed by atoms with Crippen LogP contribution < -0.4 is 10.6 Å². The number of amides is 2. The molecule has 2 amide bonds. The Hall–Kier alpha value is -2.67. The van der Waals surface area contributed by atoms with E-state index < -0.39 is 15.7 Å². The van der Waals surface area contributed by atoms with E-state index in [0.717, 1.165) is 17.4 Å². The van der Waals surface area contributed by atoms with Crippen LogP contribution in [0.25, 0.3) is 0 Å². The van der Waals surface area contributed by atoms with Gasteiger partial charge in [-0.2, -0.15) is 0 Å². The summed E-state index contributed by atoms with van der Waals surface area (Å²) in [6, 6.07) is 11.5. The van der Waals surface area contributed by atoms with Crippen molar-refractivity contribution in [2.24, 2.45) is 0 Å². The molecular formula is C18H20N2O4S. The van der Waals surface area contributed by atoms with Crippen molar-refractivity contribution in [2.45, 2.75) is 18.7 Å². The van der Waals surface area contributed by atoms with Gasteiger partial charge in [-0.1, -0.05) is 30.3 Å². The summed E-state index contributed by atoms with van der Waals surface area (Å²) in [5.41, 5.74) is 2.56. The van der Waals surface area contributed by atoms with E-state index in [1.807, 2.05) is 32.0 Å². The van der Waals surface area contributed by atoms with Crippen molar-refractivity contribution in [1.82, 2.24) is 5.32 Å². The first-order chi connectivity index (χ1) is 11.7. The normalized spacial score (nSPS) is 11.0. The van der Waals surface area contributed by atoms with E-state index in [4.69, 9.17) is 0 Å². The minimum absolute atomic E-state index is 0.0184. The molecule has 2 N–H and O–H groups in total. The minimum Gasteiger partial charge on any atom is -0.343 e. The molecule has 0 heterocycles. The van der Waals surface area contributed by atoms with E-state index in [-0.39, 0.29) is 22.9 Å². The van der Waals surface area contributed by atoms with Gasteiger partial charge >= 0.3 is 0 Å². The van der Waals surface area contributed by atoms with Gasteiger partial charge in [-0.3, -0.25) is 9.59 Å². The first kappa shape index (κ1) is 18.7. The number of para-hydroxylation sites is 1. The summed E-state index contributed by atoms with van der Waals surface area (Å²) in [6.07, 6.45) is 1.03. The molecule has 0 saturated carbocycles. The first-order valence-electron chi connectivity index (χ1n) is 7.63. The first-order valence-corrected chi connectivity index (χ1v) is 9.52. The number of hydrogen-bond acceptors (Lipinski definition) is 4. The summed E-state index contributed by atoms with van der Waals surface area (Å²) in [5.74, 6) is -1.000. The Morgan fingerprint density at radius 3 is 2.16 bits per heavy atom. The highest BCUT2D eigenvalue weighted by atomic mass is 32.2. The molecule has 132 valence electrons. The van der Waals surface area contributed by atoms with Crippen molar-refractivity contribution < 1.29 is 18.0 Å². The van der Waals surface area contributed by atoms with Crippen LogP contribution in [0, 0.1) is 13.8 Å². The van der Waals surface area contributed by atoms with Crippen molar-refractivity contribution in [3.05, 3.63) is 59.2 Å². The van der Waals surface area contributed by atoms with Crippen molar-refractivity contribution in [1.29, 1.82) is 0 Å². The number of anilines is 1. The molecule has 6 nitrogen and oxygen atoms in total. The van der Waals surface area contributed by atoms with Crippen LogP contribution in [-0.2, 0) is 14.6 Å². The monoisotopic (exact) mass is 360 g/mol. The van der Waals surface area contributed by atoms with Gasteiger partial charge in [0.05, 0.1) is 17.0 Å². The minimum atomic E-state index is -3.54. The highest BCUT2D eigenvalue weighted by Crippen LogP contribution is 2.19. The lowest BCUT2D eigenvalue weighted by Crippen LogP contribution is -2.33. The van der Waals surface area contributed by atoms with Gasteiger partial charge in [0.15, 0.2) is 9.84 Å². The summed E-state index contributed by atoms with van der Waals surface area (Å²) < 4.78 is 23.5. The second-order valence-electron chi connectivity index (χ2n) is 5.77. The predicted octanol–water partition coefficient (Wildman–Crippen LogP) is 2.08. The molecule has 0 aromatic heterocycles. The molecule has 2 aromatic carbocycles. The van der Waals surface area contributed by atoms with Crippen LogP contribution in [-0.4, -0.2) is 33.0 Å². The Labute approximate surface area is 147 Å². The Balaban J connectivity index is 2.07. The summed E-state index contributed by atoms with van der Waals surface area (Å²) in [6.45, 7) is 3.50. The van der Waals surface area contributed by atoms with E-state index in [1.165, 1.54) is 12.1 Å². The number of carbonyl (C=O) groups is 2. The maximum absolute atomic E-state index is 12.2. The Morgan fingerprint density at radius 1 is 0.960 bits per heavy atom. The van der Waals surface area contributed by atoms with Gasteiger partial charge < -0.3 is 10.6 Å². The molecule has 2 aromatic rings. The molecule has 25 heavy (non-hydrogen) atoms. The van der Waals surface area contributed by atoms with Crippen LogP contribution in [0.2, 0.25) is 0 Å². The lowest BCUT2D eigenvalue weighted by Gasteiger charge is -2.12. The van der Waals surface area contributed by atoms with Crippen LogP contribution in [0.1, 0.15) is 21.5 Å².